The summed E-state index contributed by atoms with van der Waals surface area (Å²) in [5, 5.41) is 5.72. The van der Waals surface area contributed by atoms with Crippen LogP contribution < -0.4 is 10.6 Å². The van der Waals surface area contributed by atoms with Crippen LogP contribution in [0, 0.1) is 0 Å². The summed E-state index contributed by atoms with van der Waals surface area (Å²) in [6.45, 7) is 1.28. The molecule has 1 fully saturated rings. The van der Waals surface area contributed by atoms with Crippen molar-refractivity contribution >= 4 is 17.5 Å². The van der Waals surface area contributed by atoms with Crippen molar-refractivity contribution in [1.82, 2.24) is 5.32 Å². The summed E-state index contributed by atoms with van der Waals surface area (Å²) in [5.41, 5.74) is 2.09. The molecule has 2 aromatic rings. The number of carbonyl (C=O) groups excluding carboxylic acids is 2. The topological polar surface area (TPSA) is 67.4 Å². The molecule has 5 nitrogen and oxygen atoms in total. The maximum absolute atomic E-state index is 12.3. The molecule has 0 spiro atoms. The number of benzene rings is 2. The van der Waals surface area contributed by atoms with Gasteiger partial charge in [-0.2, -0.15) is 0 Å². The summed E-state index contributed by atoms with van der Waals surface area (Å²) in [5.74, 6) is -0.266. The van der Waals surface area contributed by atoms with E-state index in [1.54, 1.807) is 24.3 Å². The van der Waals surface area contributed by atoms with Crippen LogP contribution in [0.2, 0.25) is 0 Å². The minimum Gasteiger partial charge on any atom is -0.376 e. The Hall–Kier alpha value is -2.66. The van der Waals surface area contributed by atoms with Gasteiger partial charge < -0.3 is 15.4 Å². The van der Waals surface area contributed by atoms with Gasteiger partial charge >= 0.3 is 0 Å². The molecular weight excluding hydrogens is 316 g/mol. The molecule has 3 rings (SSSR count). The molecule has 1 aliphatic rings. The largest absolute Gasteiger partial charge is 0.376 e. The van der Waals surface area contributed by atoms with E-state index in [2.05, 4.69) is 10.6 Å². The number of hydrogen-bond acceptors (Lipinski definition) is 3. The summed E-state index contributed by atoms with van der Waals surface area (Å²) in [6.07, 6.45) is 2.44. The van der Waals surface area contributed by atoms with Gasteiger partial charge in [0.2, 0.25) is 5.91 Å². The Morgan fingerprint density at radius 1 is 1.08 bits per heavy atom. The van der Waals surface area contributed by atoms with Gasteiger partial charge in [0.25, 0.3) is 5.91 Å². The van der Waals surface area contributed by atoms with Gasteiger partial charge in [-0.15, -0.1) is 0 Å². The summed E-state index contributed by atoms with van der Waals surface area (Å²) in [7, 11) is 0. The Morgan fingerprint density at radius 2 is 1.92 bits per heavy atom. The van der Waals surface area contributed by atoms with Crippen LogP contribution in [0.4, 0.5) is 5.69 Å². The first-order valence-corrected chi connectivity index (χ1v) is 8.54. The number of amides is 2. The Bertz CT molecular complexity index is 725. The van der Waals surface area contributed by atoms with Crippen molar-refractivity contribution in [3.05, 3.63) is 65.7 Å². The van der Waals surface area contributed by atoms with Crippen LogP contribution in [-0.2, 0) is 16.0 Å². The van der Waals surface area contributed by atoms with Crippen molar-refractivity contribution in [2.75, 3.05) is 18.5 Å². The van der Waals surface area contributed by atoms with E-state index in [4.69, 9.17) is 4.74 Å². The average Bonchev–Trinajstić information content (AvgIpc) is 3.14. The molecule has 0 saturated carbocycles. The maximum Gasteiger partial charge on any atom is 0.251 e. The smallest absolute Gasteiger partial charge is 0.251 e. The zero-order chi connectivity index (χ0) is 17.5. The van der Waals surface area contributed by atoms with E-state index in [-0.39, 0.29) is 17.9 Å². The fourth-order valence-electron chi connectivity index (χ4n) is 2.84. The fraction of sp³-hybridized carbons (Fsp3) is 0.300. The fourth-order valence-corrected chi connectivity index (χ4v) is 2.84. The molecule has 0 aromatic heterocycles. The first-order valence-electron chi connectivity index (χ1n) is 8.54. The Kier molecular flexibility index (Phi) is 5.80. The minimum absolute atomic E-state index is 0.108. The summed E-state index contributed by atoms with van der Waals surface area (Å²) < 4.78 is 5.50. The Balaban J connectivity index is 1.55. The van der Waals surface area contributed by atoms with Gasteiger partial charge in [0.15, 0.2) is 0 Å². The average molecular weight is 338 g/mol. The third-order valence-corrected chi connectivity index (χ3v) is 4.13. The second-order valence-corrected chi connectivity index (χ2v) is 6.14. The van der Waals surface area contributed by atoms with Crippen molar-refractivity contribution in [3.63, 3.8) is 0 Å². The van der Waals surface area contributed by atoms with Gasteiger partial charge in [0, 0.05) is 24.4 Å². The van der Waals surface area contributed by atoms with Crippen molar-refractivity contribution in [2.45, 2.75) is 25.4 Å². The van der Waals surface area contributed by atoms with Gasteiger partial charge in [-0.1, -0.05) is 36.4 Å². The molecule has 5 heteroatoms. The lowest BCUT2D eigenvalue weighted by Crippen LogP contribution is -2.31. The maximum atomic E-state index is 12.3. The van der Waals surface area contributed by atoms with E-state index < -0.39 is 0 Å². The van der Waals surface area contributed by atoms with Crippen LogP contribution in [0.1, 0.15) is 28.8 Å². The van der Waals surface area contributed by atoms with Crippen molar-refractivity contribution < 1.29 is 14.3 Å². The quantitative estimate of drug-likeness (QED) is 0.851. The molecule has 0 aliphatic carbocycles. The van der Waals surface area contributed by atoms with E-state index in [0.717, 1.165) is 25.0 Å². The van der Waals surface area contributed by atoms with Crippen LogP contribution >= 0.6 is 0 Å². The molecule has 0 unspecified atom stereocenters. The Morgan fingerprint density at radius 3 is 2.68 bits per heavy atom. The van der Waals surface area contributed by atoms with E-state index in [1.807, 2.05) is 30.3 Å². The first kappa shape index (κ1) is 17.2. The highest BCUT2D eigenvalue weighted by molar-refractivity contribution is 5.97. The molecule has 2 aromatic carbocycles. The lowest BCUT2D eigenvalue weighted by Gasteiger charge is -2.11. The number of ether oxygens (including phenoxy) is 1. The summed E-state index contributed by atoms with van der Waals surface area (Å²) in [4.78, 5) is 24.4. The minimum atomic E-state index is -0.158. The third kappa shape index (κ3) is 5.16. The highest BCUT2D eigenvalue weighted by Crippen LogP contribution is 2.13. The molecule has 130 valence electrons. The first-order chi connectivity index (χ1) is 12.2. The Labute approximate surface area is 147 Å². The normalized spacial score (nSPS) is 16.4. The third-order valence-electron chi connectivity index (χ3n) is 4.13. The van der Waals surface area contributed by atoms with Crippen LogP contribution in [0.3, 0.4) is 0 Å². The lowest BCUT2D eigenvalue weighted by atomic mass is 10.1. The van der Waals surface area contributed by atoms with Gasteiger partial charge in [-0.25, -0.2) is 0 Å². The summed E-state index contributed by atoms with van der Waals surface area (Å²) in [6, 6.07) is 16.5. The SMILES string of the molecule is O=C(Cc1ccccc1)Nc1cccc(C(=O)NC[C@@H]2CCCO2)c1. The van der Waals surface area contributed by atoms with Crippen LogP contribution in [0.5, 0.6) is 0 Å². The molecule has 1 aliphatic heterocycles. The second kappa shape index (κ2) is 8.44. The molecular formula is C20H22N2O3. The molecule has 2 N–H and O–H groups in total. The number of nitrogens with one attached hydrogen (secondary N) is 2. The van der Waals surface area contributed by atoms with Crippen molar-refractivity contribution in [2.24, 2.45) is 0 Å². The second-order valence-electron chi connectivity index (χ2n) is 6.14. The van der Waals surface area contributed by atoms with Crippen LogP contribution in [-0.4, -0.2) is 31.1 Å². The zero-order valence-electron chi connectivity index (χ0n) is 14.0. The predicted molar refractivity (Wildman–Crippen MR) is 96.5 cm³/mol. The molecule has 25 heavy (non-hydrogen) atoms. The predicted octanol–water partition coefficient (Wildman–Crippen LogP) is 2.78. The standard InChI is InChI=1S/C20H22N2O3/c23-19(12-15-6-2-1-3-7-15)22-17-9-4-8-16(13-17)20(24)21-14-18-10-5-11-25-18/h1-4,6-9,13,18H,5,10-12,14H2,(H,21,24)(H,22,23)/t18-/m0/s1. The molecule has 0 bridgehead atoms. The number of hydrogen-bond donors (Lipinski definition) is 2. The summed E-state index contributed by atoms with van der Waals surface area (Å²) >= 11 is 0. The van der Waals surface area contributed by atoms with Crippen molar-refractivity contribution in [1.29, 1.82) is 0 Å². The molecule has 1 heterocycles. The van der Waals surface area contributed by atoms with Gasteiger partial charge in [0.1, 0.15) is 0 Å². The van der Waals surface area contributed by atoms with E-state index in [1.165, 1.54) is 0 Å². The molecule has 1 atom stereocenters. The molecule has 1 saturated heterocycles. The van der Waals surface area contributed by atoms with E-state index >= 15 is 0 Å². The van der Waals surface area contributed by atoms with Crippen LogP contribution in [0.25, 0.3) is 0 Å². The van der Waals surface area contributed by atoms with Gasteiger partial charge in [-0.3, -0.25) is 9.59 Å². The number of rotatable bonds is 6. The lowest BCUT2D eigenvalue weighted by molar-refractivity contribution is -0.115. The molecule has 0 radical (unpaired) electrons. The van der Waals surface area contributed by atoms with E-state index in [0.29, 0.717) is 24.2 Å². The monoisotopic (exact) mass is 338 g/mol. The van der Waals surface area contributed by atoms with Crippen molar-refractivity contribution in [3.8, 4) is 0 Å². The highest BCUT2D eigenvalue weighted by Gasteiger charge is 2.16. The number of anilines is 1. The number of carbonyl (C=O) groups is 2. The zero-order valence-corrected chi connectivity index (χ0v) is 14.0. The molecule has 2 amide bonds. The van der Waals surface area contributed by atoms with E-state index in [9.17, 15) is 9.59 Å². The highest BCUT2D eigenvalue weighted by atomic mass is 16.5. The van der Waals surface area contributed by atoms with Crippen LogP contribution in [0.15, 0.2) is 54.6 Å². The van der Waals surface area contributed by atoms with Gasteiger partial charge in [0.05, 0.1) is 12.5 Å². The van der Waals surface area contributed by atoms with Gasteiger partial charge in [-0.05, 0) is 36.6 Å².